The average Bonchev–Trinajstić information content (AvgIpc) is 2.47. The van der Waals surface area contributed by atoms with Crippen LogP contribution in [0.15, 0.2) is 6.20 Å². The number of morpholine rings is 1. The van der Waals surface area contributed by atoms with Crippen LogP contribution in [0.2, 0.25) is 0 Å². The Morgan fingerprint density at radius 2 is 2.15 bits per heavy atom. The summed E-state index contributed by atoms with van der Waals surface area (Å²) in [6.45, 7) is 7.76. The van der Waals surface area contributed by atoms with Crippen LogP contribution < -0.4 is 10.2 Å². The molecule has 0 bridgehead atoms. The number of aromatic nitrogens is 2. The Morgan fingerprint density at radius 1 is 1.35 bits per heavy atom. The van der Waals surface area contributed by atoms with Gasteiger partial charge in [0.05, 0.1) is 13.2 Å². The highest BCUT2D eigenvalue weighted by Gasteiger charge is 2.22. The van der Waals surface area contributed by atoms with E-state index in [0.717, 1.165) is 45.1 Å². The predicted molar refractivity (Wildman–Crippen MR) is 79.1 cm³/mol. The summed E-state index contributed by atoms with van der Waals surface area (Å²) >= 11 is 0. The first-order valence-electron chi connectivity index (χ1n) is 7.66. The van der Waals surface area contributed by atoms with Crippen molar-refractivity contribution in [2.45, 2.75) is 45.2 Å². The number of fused-ring (bicyclic) bond motifs is 1. The number of ether oxygens (including phenoxy) is 1. The molecular formula is C15H24N4O. The van der Waals surface area contributed by atoms with Crippen LogP contribution in [0, 0.1) is 0 Å². The topological polar surface area (TPSA) is 50.3 Å². The van der Waals surface area contributed by atoms with Gasteiger partial charge in [-0.25, -0.2) is 9.97 Å². The Labute approximate surface area is 120 Å². The van der Waals surface area contributed by atoms with Crippen molar-refractivity contribution in [1.82, 2.24) is 15.3 Å². The van der Waals surface area contributed by atoms with E-state index in [1.54, 1.807) is 0 Å². The first-order valence-corrected chi connectivity index (χ1v) is 7.66. The molecule has 2 heterocycles. The number of nitrogens with zero attached hydrogens (tertiary/aromatic N) is 3. The lowest BCUT2D eigenvalue weighted by Crippen LogP contribution is -2.40. The molecule has 20 heavy (non-hydrogen) atoms. The standard InChI is InChI=1S/C15H24N4O/c1-11(2)17-13-3-4-14-12(9-13)10-16-15(18-14)19-5-7-20-8-6-19/h10-11,13,17H,3-9H2,1-2H3/t13-/m0/s1. The normalized spacial score (nSPS) is 22.9. The summed E-state index contributed by atoms with van der Waals surface area (Å²) in [7, 11) is 0. The van der Waals surface area contributed by atoms with E-state index in [4.69, 9.17) is 9.72 Å². The van der Waals surface area contributed by atoms with E-state index in [-0.39, 0.29) is 0 Å². The van der Waals surface area contributed by atoms with Crippen molar-refractivity contribution in [3.05, 3.63) is 17.5 Å². The molecule has 0 spiro atoms. The largest absolute Gasteiger partial charge is 0.378 e. The summed E-state index contributed by atoms with van der Waals surface area (Å²) in [5.41, 5.74) is 2.55. The van der Waals surface area contributed by atoms with Crippen LogP contribution in [-0.4, -0.2) is 48.4 Å². The van der Waals surface area contributed by atoms with Gasteiger partial charge in [-0.3, -0.25) is 0 Å². The maximum atomic E-state index is 5.38. The Balaban J connectivity index is 1.71. The molecule has 1 aromatic rings. The van der Waals surface area contributed by atoms with Gasteiger partial charge in [-0.15, -0.1) is 0 Å². The van der Waals surface area contributed by atoms with Gasteiger partial charge in [0, 0.05) is 37.1 Å². The maximum absolute atomic E-state index is 5.38. The molecule has 1 saturated heterocycles. The van der Waals surface area contributed by atoms with Crippen molar-refractivity contribution >= 4 is 5.95 Å². The maximum Gasteiger partial charge on any atom is 0.225 e. The van der Waals surface area contributed by atoms with Crippen molar-refractivity contribution in [3.63, 3.8) is 0 Å². The summed E-state index contributed by atoms with van der Waals surface area (Å²) in [4.78, 5) is 11.6. The number of aryl methyl sites for hydroxylation is 1. The second-order valence-corrected chi connectivity index (χ2v) is 6.00. The summed E-state index contributed by atoms with van der Waals surface area (Å²) < 4.78 is 5.38. The van der Waals surface area contributed by atoms with E-state index in [1.807, 2.05) is 6.20 Å². The first kappa shape index (κ1) is 13.8. The van der Waals surface area contributed by atoms with Gasteiger partial charge in [0.1, 0.15) is 0 Å². The van der Waals surface area contributed by atoms with E-state index in [0.29, 0.717) is 12.1 Å². The minimum Gasteiger partial charge on any atom is -0.378 e. The molecule has 1 fully saturated rings. The SMILES string of the molecule is CC(C)N[C@H]1CCc2nc(N3CCOCC3)ncc2C1. The molecule has 1 atom stereocenters. The Bertz CT molecular complexity index is 457. The third-order valence-corrected chi connectivity index (χ3v) is 4.00. The Hall–Kier alpha value is -1.20. The molecule has 0 unspecified atom stereocenters. The molecule has 0 aromatic carbocycles. The molecule has 5 nitrogen and oxygen atoms in total. The van der Waals surface area contributed by atoms with Crippen molar-refractivity contribution in [1.29, 1.82) is 0 Å². The molecule has 110 valence electrons. The van der Waals surface area contributed by atoms with Gasteiger partial charge < -0.3 is 15.0 Å². The quantitative estimate of drug-likeness (QED) is 0.898. The van der Waals surface area contributed by atoms with E-state index in [2.05, 4.69) is 29.0 Å². The van der Waals surface area contributed by atoms with Crippen LogP contribution in [0.5, 0.6) is 0 Å². The summed E-state index contributed by atoms with van der Waals surface area (Å²) in [6.07, 6.45) is 5.31. The molecule has 5 heteroatoms. The fourth-order valence-electron chi connectivity index (χ4n) is 3.03. The number of hydrogen-bond acceptors (Lipinski definition) is 5. The van der Waals surface area contributed by atoms with Crippen molar-refractivity contribution in [2.75, 3.05) is 31.2 Å². The molecule has 3 rings (SSSR count). The van der Waals surface area contributed by atoms with Gasteiger partial charge in [0.15, 0.2) is 0 Å². The predicted octanol–water partition coefficient (Wildman–Crippen LogP) is 1.17. The number of anilines is 1. The summed E-state index contributed by atoms with van der Waals surface area (Å²) in [5, 5.41) is 3.62. The number of rotatable bonds is 3. The zero-order valence-corrected chi connectivity index (χ0v) is 12.4. The summed E-state index contributed by atoms with van der Waals surface area (Å²) in [6, 6.07) is 1.11. The number of hydrogen-bond donors (Lipinski definition) is 1. The molecule has 1 aromatic heterocycles. The lowest BCUT2D eigenvalue weighted by Gasteiger charge is -2.29. The molecular weight excluding hydrogens is 252 g/mol. The fourth-order valence-corrected chi connectivity index (χ4v) is 3.03. The van der Waals surface area contributed by atoms with Gasteiger partial charge in [-0.1, -0.05) is 13.8 Å². The van der Waals surface area contributed by atoms with E-state index in [9.17, 15) is 0 Å². The van der Waals surface area contributed by atoms with Crippen LogP contribution in [0.1, 0.15) is 31.5 Å². The molecule has 0 amide bonds. The van der Waals surface area contributed by atoms with Crippen LogP contribution in [0.3, 0.4) is 0 Å². The minimum atomic E-state index is 0.537. The van der Waals surface area contributed by atoms with Gasteiger partial charge >= 0.3 is 0 Å². The zero-order valence-electron chi connectivity index (χ0n) is 12.4. The van der Waals surface area contributed by atoms with Crippen molar-refractivity contribution in [2.24, 2.45) is 0 Å². The van der Waals surface area contributed by atoms with E-state index in [1.165, 1.54) is 17.7 Å². The second kappa shape index (κ2) is 6.06. The molecule has 1 aliphatic heterocycles. The zero-order chi connectivity index (χ0) is 13.9. The van der Waals surface area contributed by atoms with Gasteiger partial charge in [0.25, 0.3) is 0 Å². The second-order valence-electron chi connectivity index (χ2n) is 6.00. The molecule has 1 N–H and O–H groups in total. The smallest absolute Gasteiger partial charge is 0.225 e. The average molecular weight is 276 g/mol. The Morgan fingerprint density at radius 3 is 2.90 bits per heavy atom. The monoisotopic (exact) mass is 276 g/mol. The molecule has 1 aliphatic carbocycles. The number of nitrogens with one attached hydrogen (secondary N) is 1. The van der Waals surface area contributed by atoms with E-state index < -0.39 is 0 Å². The third kappa shape index (κ3) is 3.10. The van der Waals surface area contributed by atoms with Crippen LogP contribution >= 0.6 is 0 Å². The van der Waals surface area contributed by atoms with Crippen LogP contribution in [0.25, 0.3) is 0 Å². The van der Waals surface area contributed by atoms with Gasteiger partial charge in [0.2, 0.25) is 5.95 Å². The highest BCUT2D eigenvalue weighted by Crippen LogP contribution is 2.22. The molecule has 0 saturated carbocycles. The molecule has 0 radical (unpaired) electrons. The van der Waals surface area contributed by atoms with E-state index >= 15 is 0 Å². The van der Waals surface area contributed by atoms with Gasteiger partial charge in [-0.2, -0.15) is 0 Å². The first-order chi connectivity index (χ1) is 9.72. The van der Waals surface area contributed by atoms with Crippen molar-refractivity contribution < 1.29 is 4.74 Å². The molecule has 2 aliphatic rings. The Kier molecular flexibility index (Phi) is 4.17. The third-order valence-electron chi connectivity index (χ3n) is 4.00. The van der Waals surface area contributed by atoms with Crippen LogP contribution in [-0.2, 0) is 17.6 Å². The van der Waals surface area contributed by atoms with Crippen LogP contribution in [0.4, 0.5) is 5.95 Å². The summed E-state index contributed by atoms with van der Waals surface area (Å²) in [5.74, 6) is 0.877. The highest BCUT2D eigenvalue weighted by molar-refractivity contribution is 5.35. The minimum absolute atomic E-state index is 0.537. The van der Waals surface area contributed by atoms with Gasteiger partial charge in [-0.05, 0) is 24.8 Å². The fraction of sp³-hybridized carbons (Fsp3) is 0.733. The lowest BCUT2D eigenvalue weighted by molar-refractivity contribution is 0.122. The lowest BCUT2D eigenvalue weighted by atomic mass is 9.92. The van der Waals surface area contributed by atoms with Crippen molar-refractivity contribution in [3.8, 4) is 0 Å². The highest BCUT2D eigenvalue weighted by atomic mass is 16.5.